The first-order chi connectivity index (χ1) is 13.3. The van der Waals surface area contributed by atoms with Crippen molar-refractivity contribution in [1.29, 1.82) is 0 Å². The van der Waals surface area contributed by atoms with Crippen molar-refractivity contribution in [3.8, 4) is 5.75 Å². The first-order valence-electron chi connectivity index (χ1n) is 10.7. The highest BCUT2D eigenvalue weighted by molar-refractivity contribution is 6.88. The number of furan rings is 1. The van der Waals surface area contributed by atoms with Crippen LogP contribution in [0.1, 0.15) is 71.6 Å². The standard InChI is InChI=1S/C25H38O3Si/c1-10-22(26)28-21-17-19(24(2,3)4)18(16-20(21)25(5,6)7)13-15-29(8,9)23-12-11-14-27-23/h11-12,14,16-17H,10,13,15H2,1-9H3. The number of ether oxygens (including phenoxy) is 1. The highest BCUT2D eigenvalue weighted by atomic mass is 28.3. The summed E-state index contributed by atoms with van der Waals surface area (Å²) in [5.41, 5.74) is 3.57. The van der Waals surface area contributed by atoms with Gasteiger partial charge in [0.1, 0.15) is 13.8 Å². The van der Waals surface area contributed by atoms with Gasteiger partial charge in [-0.05, 0) is 52.6 Å². The number of rotatable bonds is 6. The Hall–Kier alpha value is -1.81. The molecule has 0 spiro atoms. The van der Waals surface area contributed by atoms with E-state index < -0.39 is 8.07 Å². The van der Waals surface area contributed by atoms with E-state index in [0.717, 1.165) is 23.4 Å². The van der Waals surface area contributed by atoms with Crippen LogP contribution in [0.3, 0.4) is 0 Å². The first kappa shape index (κ1) is 23.5. The van der Waals surface area contributed by atoms with Gasteiger partial charge in [-0.25, -0.2) is 0 Å². The summed E-state index contributed by atoms with van der Waals surface area (Å²) < 4.78 is 11.5. The van der Waals surface area contributed by atoms with Crippen molar-refractivity contribution in [3.63, 3.8) is 0 Å². The SMILES string of the molecule is CCC(=O)Oc1cc(C(C)(C)C)c(CC[Si](C)(C)c2ccco2)cc1C(C)(C)C. The Morgan fingerprint density at radius 3 is 2.14 bits per heavy atom. The Morgan fingerprint density at radius 1 is 1.03 bits per heavy atom. The van der Waals surface area contributed by atoms with Crippen LogP contribution in [0.2, 0.25) is 19.1 Å². The van der Waals surface area contributed by atoms with Crippen LogP contribution in [-0.4, -0.2) is 14.0 Å². The zero-order valence-corrected chi connectivity index (χ0v) is 20.7. The fraction of sp³-hybridized carbons (Fsp3) is 0.560. The Bertz CT molecular complexity index is 834. The summed E-state index contributed by atoms with van der Waals surface area (Å²) in [6, 6.07) is 9.61. The molecule has 2 aromatic rings. The van der Waals surface area contributed by atoms with Crippen molar-refractivity contribution >= 4 is 19.4 Å². The number of hydrogen-bond acceptors (Lipinski definition) is 3. The Kier molecular flexibility index (Phi) is 6.88. The highest BCUT2D eigenvalue weighted by Gasteiger charge is 2.30. The molecule has 0 aliphatic rings. The summed E-state index contributed by atoms with van der Waals surface area (Å²) in [4.78, 5) is 12.1. The van der Waals surface area contributed by atoms with Gasteiger partial charge in [-0.3, -0.25) is 4.79 Å². The van der Waals surface area contributed by atoms with Crippen LogP contribution in [0.25, 0.3) is 0 Å². The average molecular weight is 415 g/mol. The third kappa shape index (κ3) is 5.85. The fourth-order valence-electron chi connectivity index (χ4n) is 3.63. The van der Waals surface area contributed by atoms with Crippen molar-refractivity contribution < 1.29 is 13.9 Å². The Morgan fingerprint density at radius 2 is 1.66 bits per heavy atom. The van der Waals surface area contributed by atoms with Gasteiger partial charge in [0.05, 0.1) is 11.6 Å². The van der Waals surface area contributed by atoms with Gasteiger partial charge < -0.3 is 9.15 Å². The zero-order chi connectivity index (χ0) is 22.0. The predicted molar refractivity (Wildman–Crippen MR) is 124 cm³/mol. The summed E-state index contributed by atoms with van der Waals surface area (Å²) in [6.45, 7) is 19.8. The number of hydrogen-bond donors (Lipinski definition) is 0. The minimum absolute atomic E-state index is 0.0322. The van der Waals surface area contributed by atoms with E-state index in [-0.39, 0.29) is 16.8 Å². The van der Waals surface area contributed by atoms with Gasteiger partial charge in [-0.2, -0.15) is 0 Å². The monoisotopic (exact) mass is 414 g/mol. The molecule has 4 heteroatoms. The topological polar surface area (TPSA) is 39.4 Å². The molecular weight excluding hydrogens is 376 g/mol. The van der Waals surface area contributed by atoms with Gasteiger partial charge in [0, 0.05) is 12.0 Å². The number of esters is 1. The highest BCUT2D eigenvalue weighted by Crippen LogP contribution is 2.39. The van der Waals surface area contributed by atoms with Crippen molar-refractivity contribution in [1.82, 2.24) is 0 Å². The summed E-state index contributed by atoms with van der Waals surface area (Å²) in [7, 11) is -1.65. The van der Waals surface area contributed by atoms with Gasteiger partial charge in [0.25, 0.3) is 0 Å². The van der Waals surface area contributed by atoms with E-state index in [1.54, 1.807) is 6.26 Å². The molecule has 29 heavy (non-hydrogen) atoms. The smallest absolute Gasteiger partial charge is 0.310 e. The number of aryl methyl sites for hydroxylation is 1. The molecule has 2 rings (SSSR count). The third-order valence-electron chi connectivity index (χ3n) is 5.54. The van der Waals surface area contributed by atoms with E-state index in [1.807, 2.05) is 13.0 Å². The minimum atomic E-state index is -1.65. The molecule has 0 bridgehead atoms. The molecule has 0 saturated heterocycles. The molecule has 3 nitrogen and oxygen atoms in total. The molecule has 0 saturated carbocycles. The fourth-order valence-corrected chi connectivity index (χ4v) is 5.70. The third-order valence-corrected chi connectivity index (χ3v) is 8.66. The summed E-state index contributed by atoms with van der Waals surface area (Å²) in [5, 5.41) is 1.15. The first-order valence-corrected chi connectivity index (χ1v) is 13.9. The Labute approximate surface area is 177 Å². The number of benzene rings is 1. The molecule has 1 heterocycles. The maximum absolute atomic E-state index is 12.1. The molecule has 0 aliphatic heterocycles. The van der Waals surface area contributed by atoms with Crippen LogP contribution in [0.5, 0.6) is 5.75 Å². The van der Waals surface area contributed by atoms with Crippen LogP contribution >= 0.6 is 0 Å². The lowest BCUT2D eigenvalue weighted by Crippen LogP contribution is -2.40. The second-order valence-electron chi connectivity index (χ2n) is 10.7. The molecule has 0 unspecified atom stereocenters. The predicted octanol–water partition coefficient (Wildman–Crippen LogP) is 6.35. The molecule has 0 atom stereocenters. The molecular formula is C25H38O3Si. The van der Waals surface area contributed by atoms with E-state index in [1.165, 1.54) is 11.1 Å². The molecule has 1 aromatic heterocycles. The van der Waals surface area contributed by atoms with Gasteiger partial charge in [0.2, 0.25) is 0 Å². The second-order valence-corrected chi connectivity index (χ2v) is 15.5. The largest absolute Gasteiger partial charge is 0.475 e. The van der Waals surface area contributed by atoms with Gasteiger partial charge in [-0.15, -0.1) is 0 Å². The molecule has 0 N–H and O–H groups in total. The second kappa shape index (κ2) is 8.51. The summed E-state index contributed by atoms with van der Waals surface area (Å²) >= 11 is 0. The van der Waals surface area contributed by atoms with Crippen LogP contribution in [0.4, 0.5) is 0 Å². The van der Waals surface area contributed by atoms with Gasteiger partial charge in [-0.1, -0.05) is 67.6 Å². The van der Waals surface area contributed by atoms with E-state index in [0.29, 0.717) is 12.2 Å². The summed E-state index contributed by atoms with van der Waals surface area (Å²) in [6.07, 6.45) is 3.15. The lowest BCUT2D eigenvalue weighted by atomic mass is 9.78. The van der Waals surface area contributed by atoms with E-state index in [4.69, 9.17) is 9.15 Å². The number of carbonyl (C=O) groups excluding carboxylic acids is 1. The zero-order valence-electron chi connectivity index (χ0n) is 19.7. The van der Waals surface area contributed by atoms with E-state index in [2.05, 4.69) is 72.8 Å². The van der Waals surface area contributed by atoms with E-state index >= 15 is 0 Å². The van der Waals surface area contributed by atoms with Gasteiger partial charge >= 0.3 is 5.97 Å². The minimum Gasteiger partial charge on any atom is -0.475 e. The lowest BCUT2D eigenvalue weighted by Gasteiger charge is -2.30. The molecule has 0 amide bonds. The van der Waals surface area contributed by atoms with Gasteiger partial charge in [0.15, 0.2) is 0 Å². The van der Waals surface area contributed by atoms with Crippen LogP contribution in [-0.2, 0) is 22.0 Å². The van der Waals surface area contributed by atoms with Crippen molar-refractivity contribution in [2.45, 2.75) is 91.3 Å². The van der Waals surface area contributed by atoms with Crippen molar-refractivity contribution in [2.75, 3.05) is 0 Å². The lowest BCUT2D eigenvalue weighted by molar-refractivity contribution is -0.134. The molecule has 0 aliphatic carbocycles. The Balaban J connectivity index is 2.50. The van der Waals surface area contributed by atoms with Crippen molar-refractivity contribution in [3.05, 3.63) is 47.2 Å². The number of carbonyl (C=O) groups is 1. The quantitative estimate of drug-likeness (QED) is 0.314. The molecule has 1 aromatic carbocycles. The maximum Gasteiger partial charge on any atom is 0.310 e. The van der Waals surface area contributed by atoms with Crippen LogP contribution in [0, 0.1) is 0 Å². The maximum atomic E-state index is 12.1. The normalized spacial score (nSPS) is 12.9. The van der Waals surface area contributed by atoms with Crippen LogP contribution in [0.15, 0.2) is 34.9 Å². The molecule has 160 valence electrons. The average Bonchev–Trinajstić information content (AvgIpc) is 3.14. The summed E-state index contributed by atoms with van der Waals surface area (Å²) in [5.74, 6) is 0.523. The van der Waals surface area contributed by atoms with Crippen LogP contribution < -0.4 is 10.1 Å². The van der Waals surface area contributed by atoms with E-state index in [9.17, 15) is 4.79 Å². The molecule has 0 fully saturated rings. The molecule has 0 radical (unpaired) electrons. The van der Waals surface area contributed by atoms with Crippen molar-refractivity contribution in [2.24, 2.45) is 0 Å².